The maximum atomic E-state index is 14.3. The van der Waals surface area contributed by atoms with Gasteiger partial charge in [-0.15, -0.1) is 0 Å². The van der Waals surface area contributed by atoms with Gasteiger partial charge in [0.15, 0.2) is 11.9 Å². The van der Waals surface area contributed by atoms with Crippen molar-refractivity contribution in [2.24, 2.45) is 34.4 Å². The van der Waals surface area contributed by atoms with E-state index in [2.05, 4.69) is 53.2 Å². The average molecular weight is 1180 g/mol. The predicted octanol–water partition coefficient (Wildman–Crippen LogP) is -1.02. The standard InChI is InChI=1S/C54H74N18O13/c1-82-40-15-11-28(22-32(40)45(58)74)67-50(79)37(8-5-19-63-27-55)70-47(76)34-24-30(13-17-42(34)84-3)68-52(81)39(10-7-21-65-54(61)62)72-48(77)35-25-31(14-18-43(35)85-4)69-51(80)38(9-6-20-64-53(59)60)71-46(75)33-23-29(12-16-41(33)83-2)66-49(78)36(56)26-44(57)73/h11-18,22-25,36-39,63H,5-10,19-21,26-27,55-56H2,1-4H3,(H2,57,73)(H2,58,74)(H,66,78)(H,67,79)(H,68,81)(H,69,80)(H,70,76)(H,71,75)(H,72,77)(H4,59,60,64)(H4,61,62,65)/t36-,37-,38-,39-/m1/s1. The van der Waals surface area contributed by atoms with E-state index in [1.54, 1.807) is 0 Å². The van der Waals surface area contributed by atoms with Gasteiger partial charge in [-0.2, -0.15) is 0 Å². The normalized spacial score (nSPS) is 12.0. The van der Waals surface area contributed by atoms with Crippen LogP contribution in [-0.4, -0.2) is 144 Å². The lowest BCUT2D eigenvalue weighted by Crippen LogP contribution is -2.45. The lowest BCUT2D eigenvalue weighted by molar-refractivity contribution is -0.123. The zero-order chi connectivity index (χ0) is 62.8. The SMILES string of the molecule is COc1ccc(NC(=O)[C@@H](CCCNCN)NC(=O)c2cc(NC(=O)[C@@H](CCCNC(=N)N)NC(=O)c3cc(NC(=O)[C@@H](CCCNC(=N)N)NC(=O)c4cc(NC(=O)[C@H](N)CC(N)=O)ccc4OC)ccc3OC)ccc2OC)cc1C(N)=O. The molecule has 0 aliphatic heterocycles. The molecule has 0 bridgehead atoms. The zero-order valence-electron chi connectivity index (χ0n) is 47.3. The molecule has 0 saturated heterocycles. The molecule has 0 aliphatic rings. The van der Waals surface area contributed by atoms with E-state index < -0.39 is 83.8 Å². The van der Waals surface area contributed by atoms with Crippen molar-refractivity contribution in [3.63, 3.8) is 0 Å². The van der Waals surface area contributed by atoms with Crippen LogP contribution in [0.15, 0.2) is 72.8 Å². The molecule has 0 aromatic heterocycles. The fraction of sp³-hybridized carbons (Fsp3) is 0.352. The number of hydrogen-bond acceptors (Lipinski definition) is 18. The summed E-state index contributed by atoms with van der Waals surface area (Å²) in [6, 6.07) is 11.5. The Morgan fingerprint density at radius 3 is 1.06 bits per heavy atom. The highest BCUT2D eigenvalue weighted by Gasteiger charge is 2.29. The predicted molar refractivity (Wildman–Crippen MR) is 315 cm³/mol. The summed E-state index contributed by atoms with van der Waals surface area (Å²) in [6.45, 7) is 0.827. The first-order valence-electron chi connectivity index (χ1n) is 26.3. The van der Waals surface area contributed by atoms with Gasteiger partial charge in [0.1, 0.15) is 41.1 Å². The summed E-state index contributed by atoms with van der Waals surface area (Å²) in [7, 11) is 5.26. The Balaban J connectivity index is 1.60. The number of rotatable bonds is 34. The molecule has 0 heterocycles. The van der Waals surface area contributed by atoms with Crippen LogP contribution in [0.5, 0.6) is 23.0 Å². The van der Waals surface area contributed by atoms with E-state index in [9.17, 15) is 43.2 Å². The second-order valence-corrected chi connectivity index (χ2v) is 18.6. The van der Waals surface area contributed by atoms with E-state index in [1.165, 1.54) is 101 Å². The van der Waals surface area contributed by atoms with Crippen molar-refractivity contribution < 1.29 is 62.1 Å². The largest absolute Gasteiger partial charge is 0.496 e. The van der Waals surface area contributed by atoms with Crippen molar-refractivity contribution in [2.45, 2.75) is 69.1 Å². The molecule has 24 N–H and O–H groups in total. The van der Waals surface area contributed by atoms with Crippen molar-refractivity contribution in [1.82, 2.24) is 31.9 Å². The Kier molecular flexibility index (Phi) is 26.6. The van der Waals surface area contributed by atoms with Crippen LogP contribution in [0.4, 0.5) is 22.7 Å². The third kappa shape index (κ3) is 21.2. The van der Waals surface area contributed by atoms with Gasteiger partial charge in [0.25, 0.3) is 23.6 Å². The molecule has 0 aliphatic carbocycles. The van der Waals surface area contributed by atoms with E-state index in [-0.39, 0.29) is 132 Å². The second-order valence-electron chi connectivity index (χ2n) is 18.6. The Morgan fingerprint density at radius 1 is 0.459 bits per heavy atom. The highest BCUT2D eigenvalue weighted by atomic mass is 16.5. The number of nitrogens with two attached hydrogens (primary N) is 6. The minimum absolute atomic E-state index is 0.00702. The summed E-state index contributed by atoms with van der Waals surface area (Å²) in [6.07, 6.45) is 0.414. The van der Waals surface area contributed by atoms with Crippen LogP contribution in [0.1, 0.15) is 86.4 Å². The van der Waals surface area contributed by atoms with Crippen LogP contribution in [0.2, 0.25) is 0 Å². The van der Waals surface area contributed by atoms with E-state index in [4.69, 9.17) is 64.2 Å². The first-order chi connectivity index (χ1) is 40.5. The molecular weight excluding hydrogens is 1110 g/mol. The number of benzene rings is 4. The van der Waals surface area contributed by atoms with Crippen molar-refractivity contribution >= 4 is 87.8 Å². The first kappa shape index (κ1) is 67.2. The molecule has 0 fully saturated rings. The van der Waals surface area contributed by atoms with Crippen LogP contribution in [0, 0.1) is 10.8 Å². The van der Waals surface area contributed by atoms with E-state index in [0.29, 0.717) is 13.0 Å². The summed E-state index contributed by atoms with van der Waals surface area (Å²) >= 11 is 0. The number of amides is 9. The number of guanidine groups is 2. The second kappa shape index (κ2) is 33.6. The molecule has 9 amide bonds. The molecule has 4 aromatic carbocycles. The Bertz CT molecular complexity index is 3090. The monoisotopic (exact) mass is 1180 g/mol. The number of hydrogen-bond donors (Lipinski definition) is 18. The van der Waals surface area contributed by atoms with E-state index >= 15 is 0 Å². The van der Waals surface area contributed by atoms with Gasteiger partial charge in [-0.1, -0.05) is 0 Å². The molecule has 4 rings (SSSR count). The molecule has 0 saturated carbocycles. The number of ether oxygens (including phenoxy) is 4. The van der Waals surface area contributed by atoms with Crippen LogP contribution in [0.25, 0.3) is 0 Å². The van der Waals surface area contributed by atoms with Gasteiger partial charge in [0, 0.05) is 42.5 Å². The quantitative estimate of drug-likeness (QED) is 0.0115. The number of carbonyl (C=O) groups excluding carboxylic acids is 9. The summed E-state index contributed by atoms with van der Waals surface area (Å²) in [4.78, 5) is 121. The van der Waals surface area contributed by atoms with Crippen LogP contribution in [-0.2, 0) is 24.0 Å². The van der Waals surface area contributed by atoms with Crippen molar-refractivity contribution in [1.29, 1.82) is 10.8 Å². The summed E-state index contributed by atoms with van der Waals surface area (Å²) in [5.74, 6) is -7.30. The van der Waals surface area contributed by atoms with Gasteiger partial charge in [-0.25, -0.2) is 0 Å². The highest BCUT2D eigenvalue weighted by molar-refractivity contribution is 6.08. The molecular formula is C54H74N18O13. The fourth-order valence-corrected chi connectivity index (χ4v) is 8.21. The third-order valence-electron chi connectivity index (χ3n) is 12.5. The Morgan fingerprint density at radius 2 is 0.765 bits per heavy atom. The van der Waals surface area contributed by atoms with Gasteiger partial charge in [-0.3, -0.25) is 54.0 Å². The molecule has 0 unspecified atom stereocenters. The van der Waals surface area contributed by atoms with E-state index in [1.807, 2.05) is 0 Å². The summed E-state index contributed by atoms with van der Waals surface area (Å²) in [5, 5.41) is 42.1. The van der Waals surface area contributed by atoms with Crippen molar-refractivity contribution in [3.05, 3.63) is 95.1 Å². The van der Waals surface area contributed by atoms with Gasteiger partial charge >= 0.3 is 0 Å². The fourth-order valence-electron chi connectivity index (χ4n) is 8.21. The van der Waals surface area contributed by atoms with Crippen LogP contribution < -0.4 is 107 Å². The average Bonchev–Trinajstić information content (AvgIpc) is 3.68. The summed E-state index contributed by atoms with van der Waals surface area (Å²) in [5.41, 5.74) is 33.1. The molecule has 4 aromatic rings. The minimum Gasteiger partial charge on any atom is -0.496 e. The molecule has 4 atom stereocenters. The lowest BCUT2D eigenvalue weighted by atomic mass is 10.1. The zero-order valence-corrected chi connectivity index (χ0v) is 47.3. The third-order valence-corrected chi connectivity index (χ3v) is 12.5. The minimum atomic E-state index is -1.31. The molecule has 85 heavy (non-hydrogen) atoms. The molecule has 458 valence electrons. The number of nitrogens with one attached hydrogen (secondary N) is 12. The van der Waals surface area contributed by atoms with Gasteiger partial charge in [0.05, 0.1) is 63.2 Å². The molecule has 31 heteroatoms. The highest BCUT2D eigenvalue weighted by Crippen LogP contribution is 2.28. The first-order valence-corrected chi connectivity index (χ1v) is 26.3. The maximum Gasteiger partial charge on any atom is 0.255 e. The van der Waals surface area contributed by atoms with Gasteiger partial charge in [-0.05, 0) is 118 Å². The summed E-state index contributed by atoms with van der Waals surface area (Å²) < 4.78 is 21.6. The van der Waals surface area contributed by atoms with Crippen molar-refractivity contribution in [2.75, 3.05) is 76.0 Å². The number of carbonyl (C=O) groups is 9. The number of anilines is 4. The van der Waals surface area contributed by atoms with Crippen LogP contribution >= 0.6 is 0 Å². The topological polar surface area (TPSA) is 515 Å². The lowest BCUT2D eigenvalue weighted by Gasteiger charge is -2.22. The Labute approximate surface area is 488 Å². The molecule has 0 radical (unpaired) electrons. The van der Waals surface area contributed by atoms with E-state index in [0.717, 1.165) is 0 Å². The Hall–Kier alpha value is -10.3. The molecule has 0 spiro atoms. The number of primary amides is 2. The van der Waals surface area contributed by atoms with Gasteiger partial charge < -0.3 is 107 Å². The maximum absolute atomic E-state index is 14.3. The van der Waals surface area contributed by atoms with Crippen LogP contribution in [0.3, 0.4) is 0 Å². The van der Waals surface area contributed by atoms with Gasteiger partial charge in [0.2, 0.25) is 29.5 Å². The molecule has 31 nitrogen and oxygen atoms in total. The van der Waals surface area contributed by atoms with Crippen molar-refractivity contribution in [3.8, 4) is 23.0 Å². The smallest absolute Gasteiger partial charge is 0.255 e. The number of methoxy groups -OCH3 is 4.